The fourth-order valence-electron chi connectivity index (χ4n) is 1.74. The van der Waals surface area contributed by atoms with Gasteiger partial charge in [-0.25, -0.2) is 0 Å². The van der Waals surface area contributed by atoms with Gasteiger partial charge in [-0.2, -0.15) is 0 Å². The van der Waals surface area contributed by atoms with Crippen molar-refractivity contribution in [3.63, 3.8) is 0 Å². The van der Waals surface area contributed by atoms with Crippen LogP contribution >= 0.6 is 0 Å². The topological polar surface area (TPSA) is 23.2 Å². The third kappa shape index (κ3) is 0.970. The van der Waals surface area contributed by atoms with Gasteiger partial charge < -0.3 is 5.11 Å². The van der Waals surface area contributed by atoms with E-state index in [-0.39, 0.29) is 6.10 Å². The minimum Gasteiger partial charge on any atom is -0.391 e. The molecule has 2 atom stereocenters. The summed E-state index contributed by atoms with van der Waals surface area (Å²) in [5, 5.41) is 9.36. The van der Waals surface area contributed by atoms with Gasteiger partial charge in [0, 0.05) is 19.1 Å². The Morgan fingerprint density at radius 3 is 2.44 bits per heavy atom. The Morgan fingerprint density at radius 1 is 1.22 bits per heavy atom. The summed E-state index contributed by atoms with van der Waals surface area (Å²) in [6.07, 6.45) is 3.47. The molecule has 52 valence electrons. The number of aliphatic hydroxyl groups is 1. The molecule has 1 heterocycles. The number of rotatable bonds is 1. The van der Waals surface area contributed by atoms with Gasteiger partial charge in [0.05, 0.1) is 6.10 Å². The molecule has 0 aromatic heterocycles. The van der Waals surface area contributed by atoms with Crippen molar-refractivity contribution < 1.29 is 5.11 Å². The standard InChI is InChI=1S/C7H13NO/c9-7-3-1-2-6(7)8-4-5-8/h6-7,9H,1-5H2/t6-,7-/m1/s1. The molecule has 2 aliphatic rings. The van der Waals surface area contributed by atoms with E-state index in [1.165, 1.54) is 25.9 Å². The zero-order valence-corrected chi connectivity index (χ0v) is 5.58. The molecule has 1 saturated carbocycles. The van der Waals surface area contributed by atoms with Crippen molar-refractivity contribution in [2.24, 2.45) is 0 Å². The van der Waals surface area contributed by atoms with Gasteiger partial charge in [-0.05, 0) is 19.3 Å². The quantitative estimate of drug-likeness (QED) is 0.509. The Morgan fingerprint density at radius 2 is 2.00 bits per heavy atom. The molecule has 2 fully saturated rings. The lowest BCUT2D eigenvalue weighted by Gasteiger charge is -2.14. The minimum absolute atomic E-state index is 0.00694. The maximum atomic E-state index is 9.36. The maximum Gasteiger partial charge on any atom is 0.0695 e. The molecular formula is C7H13NO. The predicted octanol–water partition coefficient (Wildman–Crippen LogP) is 0.215. The van der Waals surface area contributed by atoms with Crippen molar-refractivity contribution >= 4 is 0 Å². The van der Waals surface area contributed by atoms with Crippen molar-refractivity contribution in [2.45, 2.75) is 31.4 Å². The molecule has 1 aliphatic carbocycles. The van der Waals surface area contributed by atoms with E-state index in [1.54, 1.807) is 0 Å². The molecule has 2 rings (SSSR count). The van der Waals surface area contributed by atoms with Crippen LogP contribution in [0.5, 0.6) is 0 Å². The second kappa shape index (κ2) is 1.96. The van der Waals surface area contributed by atoms with E-state index in [4.69, 9.17) is 0 Å². The minimum atomic E-state index is -0.00694. The summed E-state index contributed by atoms with van der Waals surface area (Å²) in [7, 11) is 0. The van der Waals surface area contributed by atoms with Gasteiger partial charge >= 0.3 is 0 Å². The van der Waals surface area contributed by atoms with E-state index in [0.717, 1.165) is 6.42 Å². The van der Waals surface area contributed by atoms with Crippen molar-refractivity contribution in [1.29, 1.82) is 0 Å². The van der Waals surface area contributed by atoms with Crippen LogP contribution in [0.1, 0.15) is 19.3 Å². The van der Waals surface area contributed by atoms with E-state index >= 15 is 0 Å². The Bertz CT molecular complexity index is 111. The monoisotopic (exact) mass is 127 g/mol. The molecule has 0 radical (unpaired) electrons. The van der Waals surface area contributed by atoms with Gasteiger partial charge in [-0.3, -0.25) is 4.90 Å². The number of hydrogen-bond donors (Lipinski definition) is 1. The van der Waals surface area contributed by atoms with Crippen LogP contribution in [0.4, 0.5) is 0 Å². The summed E-state index contributed by atoms with van der Waals surface area (Å²) in [6, 6.07) is 0.532. The van der Waals surface area contributed by atoms with Gasteiger partial charge in [0.1, 0.15) is 0 Å². The summed E-state index contributed by atoms with van der Waals surface area (Å²) in [5.74, 6) is 0. The molecular weight excluding hydrogens is 114 g/mol. The smallest absolute Gasteiger partial charge is 0.0695 e. The highest BCUT2D eigenvalue weighted by molar-refractivity contribution is 4.91. The highest BCUT2D eigenvalue weighted by Crippen LogP contribution is 2.27. The van der Waals surface area contributed by atoms with Crippen molar-refractivity contribution in [3.05, 3.63) is 0 Å². The van der Waals surface area contributed by atoms with Gasteiger partial charge in [0.2, 0.25) is 0 Å². The van der Waals surface area contributed by atoms with Gasteiger partial charge in [-0.1, -0.05) is 0 Å². The third-order valence-electron chi connectivity index (χ3n) is 2.39. The first-order chi connectivity index (χ1) is 4.38. The summed E-state index contributed by atoms with van der Waals surface area (Å²) in [5.41, 5.74) is 0. The second-order valence-electron chi connectivity index (χ2n) is 3.10. The molecule has 0 aromatic rings. The average molecular weight is 127 g/mol. The molecule has 0 aromatic carbocycles. The highest BCUT2D eigenvalue weighted by atomic mass is 16.3. The van der Waals surface area contributed by atoms with Gasteiger partial charge in [0.25, 0.3) is 0 Å². The molecule has 9 heavy (non-hydrogen) atoms. The Balaban J connectivity index is 1.93. The van der Waals surface area contributed by atoms with Crippen LogP contribution in [0.3, 0.4) is 0 Å². The second-order valence-corrected chi connectivity index (χ2v) is 3.10. The van der Waals surface area contributed by atoms with Crippen LogP contribution < -0.4 is 0 Å². The maximum absolute atomic E-state index is 9.36. The zero-order valence-electron chi connectivity index (χ0n) is 5.58. The SMILES string of the molecule is O[C@@H]1CCC[C@H]1N1CC1. The lowest BCUT2D eigenvalue weighted by molar-refractivity contribution is 0.124. The fraction of sp³-hybridized carbons (Fsp3) is 1.00. The van der Waals surface area contributed by atoms with Crippen LogP contribution in [-0.2, 0) is 0 Å². The fourth-order valence-corrected chi connectivity index (χ4v) is 1.74. The van der Waals surface area contributed by atoms with Crippen LogP contribution in [-0.4, -0.2) is 35.2 Å². The van der Waals surface area contributed by atoms with Crippen molar-refractivity contribution in [2.75, 3.05) is 13.1 Å². The largest absolute Gasteiger partial charge is 0.391 e. The number of aliphatic hydroxyl groups excluding tert-OH is 1. The lowest BCUT2D eigenvalue weighted by atomic mass is 10.2. The van der Waals surface area contributed by atoms with E-state index in [0.29, 0.717) is 6.04 Å². The van der Waals surface area contributed by atoms with Crippen LogP contribution in [0.25, 0.3) is 0 Å². The van der Waals surface area contributed by atoms with Crippen molar-refractivity contribution in [1.82, 2.24) is 4.90 Å². The van der Waals surface area contributed by atoms with Crippen LogP contribution in [0, 0.1) is 0 Å². The summed E-state index contributed by atoms with van der Waals surface area (Å²) < 4.78 is 0. The van der Waals surface area contributed by atoms with E-state index in [2.05, 4.69) is 4.90 Å². The molecule has 1 aliphatic heterocycles. The molecule has 0 bridgehead atoms. The molecule has 0 spiro atoms. The zero-order chi connectivity index (χ0) is 6.27. The molecule has 1 saturated heterocycles. The van der Waals surface area contributed by atoms with Crippen LogP contribution in [0.2, 0.25) is 0 Å². The summed E-state index contributed by atoms with van der Waals surface area (Å²) >= 11 is 0. The molecule has 0 amide bonds. The molecule has 2 nitrogen and oxygen atoms in total. The Hall–Kier alpha value is -0.0800. The summed E-state index contributed by atoms with van der Waals surface area (Å²) in [6.45, 7) is 2.45. The Kier molecular flexibility index (Phi) is 1.24. The normalized spacial score (nSPS) is 43.7. The molecule has 0 unspecified atom stereocenters. The number of nitrogens with zero attached hydrogens (tertiary/aromatic N) is 1. The third-order valence-corrected chi connectivity index (χ3v) is 2.39. The van der Waals surface area contributed by atoms with Crippen LogP contribution in [0.15, 0.2) is 0 Å². The summed E-state index contributed by atoms with van der Waals surface area (Å²) in [4.78, 5) is 2.36. The lowest BCUT2D eigenvalue weighted by Crippen LogP contribution is -2.27. The number of hydrogen-bond acceptors (Lipinski definition) is 2. The average Bonchev–Trinajstić information content (AvgIpc) is 2.58. The van der Waals surface area contributed by atoms with E-state index < -0.39 is 0 Å². The first-order valence-electron chi connectivity index (χ1n) is 3.80. The van der Waals surface area contributed by atoms with E-state index in [9.17, 15) is 5.11 Å². The van der Waals surface area contributed by atoms with Crippen molar-refractivity contribution in [3.8, 4) is 0 Å². The Labute approximate surface area is 55.5 Å². The van der Waals surface area contributed by atoms with Gasteiger partial charge in [-0.15, -0.1) is 0 Å². The van der Waals surface area contributed by atoms with Gasteiger partial charge in [0.15, 0.2) is 0 Å². The van der Waals surface area contributed by atoms with E-state index in [1.807, 2.05) is 0 Å². The predicted molar refractivity (Wildman–Crippen MR) is 35.2 cm³/mol. The first-order valence-corrected chi connectivity index (χ1v) is 3.80. The first kappa shape index (κ1) is 5.69. The molecule has 1 N–H and O–H groups in total. The highest BCUT2D eigenvalue weighted by Gasteiger charge is 2.35. The molecule has 2 heteroatoms.